The number of carbonyl (C=O) groups is 4. The third-order valence-electron chi connectivity index (χ3n) is 2.52. The molecule has 0 radical (unpaired) electrons. The van der Waals surface area contributed by atoms with Crippen LogP contribution in [0, 0.1) is 41.7 Å². The first kappa shape index (κ1) is 48.1. The Bertz CT molecular complexity index is 840. The van der Waals surface area contributed by atoms with Gasteiger partial charge in [0.05, 0.1) is 0 Å². The zero-order valence-electron chi connectivity index (χ0n) is 20.8. The Morgan fingerprint density at radius 2 is 0.488 bits per heavy atom. The van der Waals surface area contributed by atoms with Crippen molar-refractivity contribution in [3.05, 3.63) is 47.3 Å². The maximum absolute atomic E-state index is 11.3. The number of halogens is 12. The van der Waals surface area contributed by atoms with Crippen molar-refractivity contribution in [1.29, 1.82) is 0 Å². The van der Waals surface area contributed by atoms with E-state index in [9.17, 15) is 71.9 Å². The molecular weight excluding hydrogens is 736 g/mol. The molecule has 0 aliphatic rings. The Morgan fingerprint density at radius 3 is 0.512 bits per heavy atom. The molecule has 4 N–H and O–H groups in total. The number of hydrogen-bond acceptors (Lipinski definition) is 8. The second kappa shape index (κ2) is 20.3. The van der Waals surface area contributed by atoms with Gasteiger partial charge < -0.3 is 20.4 Å². The summed E-state index contributed by atoms with van der Waals surface area (Å²) in [6, 6.07) is 0. The normalized spacial score (nSPS) is 13.1. The number of carbonyl (C=O) groups excluding carboxylic acids is 4. The fourth-order valence-electron chi connectivity index (χ4n) is 1.10. The summed E-state index contributed by atoms with van der Waals surface area (Å²) in [5.41, 5.74) is 0. The van der Waals surface area contributed by atoms with Gasteiger partial charge in [-0.3, -0.25) is 19.2 Å². The van der Waals surface area contributed by atoms with E-state index in [1.165, 1.54) is 0 Å². The van der Waals surface area contributed by atoms with Crippen molar-refractivity contribution >= 4 is 23.1 Å². The predicted octanol–water partition coefficient (Wildman–Crippen LogP) is 6.32. The minimum Gasteiger partial charge on any atom is -0.504 e. The van der Waals surface area contributed by atoms with Gasteiger partial charge in [-0.2, -0.15) is 52.7 Å². The van der Waals surface area contributed by atoms with E-state index in [-0.39, 0.29) is 66.1 Å². The standard InChI is InChI=1S/4C5H5F3O2.Ce/c4*1-3(9)2-4(10)5(6,7)8;/h4*2,10H,1H3;/b4*4-2-;. The molecule has 0 aliphatic carbocycles. The average molecular weight is 756 g/mol. The molecule has 0 saturated heterocycles. The van der Waals surface area contributed by atoms with Gasteiger partial charge in [-0.1, -0.05) is 0 Å². The van der Waals surface area contributed by atoms with Crippen LogP contribution in [0.3, 0.4) is 0 Å². The Hall–Kier alpha value is -2.62. The van der Waals surface area contributed by atoms with Crippen molar-refractivity contribution in [3.8, 4) is 0 Å². The second-order valence-corrected chi connectivity index (χ2v) is 6.55. The van der Waals surface area contributed by atoms with Crippen molar-refractivity contribution in [2.24, 2.45) is 0 Å². The monoisotopic (exact) mass is 756 g/mol. The number of ketones is 4. The summed E-state index contributed by atoms with van der Waals surface area (Å²) in [6.07, 6.45) is -18.8. The fraction of sp³-hybridized carbons (Fsp3) is 0.400. The Kier molecular flexibility index (Phi) is 23.8. The Labute approximate surface area is 256 Å². The summed E-state index contributed by atoms with van der Waals surface area (Å²) in [5.74, 6) is -10.8. The summed E-state index contributed by atoms with van der Waals surface area (Å²) in [5, 5.41) is 32.3. The van der Waals surface area contributed by atoms with Gasteiger partial charge >= 0.3 is 24.7 Å². The maximum Gasteiger partial charge on any atom is 0.448 e. The van der Waals surface area contributed by atoms with E-state index in [0.29, 0.717) is 0 Å². The minimum atomic E-state index is -4.81. The van der Waals surface area contributed by atoms with Crippen LogP contribution in [0.15, 0.2) is 47.3 Å². The molecule has 0 saturated carbocycles. The zero-order chi connectivity index (χ0) is 33.4. The number of alkyl halides is 12. The summed E-state index contributed by atoms with van der Waals surface area (Å²) in [7, 11) is 0. The molecule has 8 nitrogen and oxygen atoms in total. The molecule has 0 unspecified atom stereocenters. The third kappa shape index (κ3) is 33.5. The molecule has 0 amide bonds. The largest absolute Gasteiger partial charge is 0.504 e. The van der Waals surface area contributed by atoms with E-state index in [1.54, 1.807) is 0 Å². The quantitative estimate of drug-likeness (QED) is 0.148. The maximum atomic E-state index is 11.3. The third-order valence-corrected chi connectivity index (χ3v) is 2.52. The van der Waals surface area contributed by atoms with E-state index in [4.69, 9.17) is 20.4 Å². The van der Waals surface area contributed by atoms with Gasteiger partial charge in [0.2, 0.25) is 23.0 Å². The van der Waals surface area contributed by atoms with Gasteiger partial charge in [0, 0.05) is 66.1 Å². The molecule has 41 heavy (non-hydrogen) atoms. The number of allylic oxidation sites excluding steroid dienone is 8. The first-order valence-electron chi connectivity index (χ1n) is 9.29. The molecule has 0 aromatic rings. The van der Waals surface area contributed by atoms with Crippen molar-refractivity contribution in [2.75, 3.05) is 0 Å². The van der Waals surface area contributed by atoms with Gasteiger partial charge in [-0.25, -0.2) is 0 Å². The molecule has 0 aromatic heterocycles. The van der Waals surface area contributed by atoms with Gasteiger partial charge in [-0.05, 0) is 27.7 Å². The van der Waals surface area contributed by atoms with Crippen molar-refractivity contribution in [1.82, 2.24) is 0 Å². The summed E-state index contributed by atoms with van der Waals surface area (Å²) < 4.78 is 136. The Balaban J connectivity index is -0.000000139. The summed E-state index contributed by atoms with van der Waals surface area (Å²) >= 11 is 0. The van der Waals surface area contributed by atoms with E-state index < -0.39 is 70.9 Å². The van der Waals surface area contributed by atoms with Gasteiger partial charge in [0.1, 0.15) is 0 Å². The van der Waals surface area contributed by atoms with Crippen LogP contribution in [0.4, 0.5) is 52.7 Å². The molecular formula is C20H20CeF12O8. The number of rotatable bonds is 4. The summed E-state index contributed by atoms with van der Waals surface area (Å²) in [6.45, 7) is 3.67. The van der Waals surface area contributed by atoms with E-state index in [0.717, 1.165) is 27.7 Å². The van der Waals surface area contributed by atoms with Crippen LogP contribution in [-0.4, -0.2) is 68.3 Å². The van der Waals surface area contributed by atoms with Crippen molar-refractivity contribution in [2.45, 2.75) is 52.4 Å². The SMILES string of the molecule is CC(=O)/C=C(\O)C(F)(F)F.CC(=O)/C=C(\O)C(F)(F)F.CC(=O)/C=C(\O)C(F)(F)F.CC(=O)/C=C(\O)C(F)(F)F.[Ce]. The van der Waals surface area contributed by atoms with Crippen molar-refractivity contribution < 1.29 is 134 Å². The molecule has 0 aromatic carbocycles. The first-order chi connectivity index (χ1) is 17.3. The van der Waals surface area contributed by atoms with Crippen molar-refractivity contribution in [3.63, 3.8) is 0 Å². The van der Waals surface area contributed by atoms with Gasteiger partial charge in [0.15, 0.2) is 23.1 Å². The minimum absolute atomic E-state index is 0. The molecule has 0 fully saturated rings. The van der Waals surface area contributed by atoms with Crippen LogP contribution < -0.4 is 0 Å². The molecule has 0 spiro atoms. The van der Waals surface area contributed by atoms with E-state index in [2.05, 4.69) is 0 Å². The van der Waals surface area contributed by atoms with Crippen LogP contribution in [0.25, 0.3) is 0 Å². The topological polar surface area (TPSA) is 149 Å². The van der Waals surface area contributed by atoms with E-state index >= 15 is 0 Å². The smallest absolute Gasteiger partial charge is 0.448 e. The van der Waals surface area contributed by atoms with Crippen LogP contribution in [0.1, 0.15) is 27.7 Å². The fourth-order valence-corrected chi connectivity index (χ4v) is 1.10. The number of aliphatic hydroxyl groups is 4. The zero-order valence-corrected chi connectivity index (χ0v) is 23.9. The number of hydrogen-bond donors (Lipinski definition) is 4. The van der Waals surface area contributed by atoms with Crippen LogP contribution in [0.2, 0.25) is 0 Å². The Morgan fingerprint density at radius 1 is 0.390 bits per heavy atom. The number of aliphatic hydroxyl groups excluding tert-OH is 4. The van der Waals surface area contributed by atoms with Crippen LogP contribution >= 0.6 is 0 Å². The molecule has 21 heteroatoms. The molecule has 236 valence electrons. The molecule has 0 aliphatic heterocycles. The summed E-state index contributed by atoms with van der Waals surface area (Å²) in [4.78, 5) is 39.9. The predicted molar refractivity (Wildman–Crippen MR) is 110 cm³/mol. The van der Waals surface area contributed by atoms with E-state index in [1.807, 2.05) is 0 Å². The molecule has 0 heterocycles. The van der Waals surface area contributed by atoms with Gasteiger partial charge in [0.25, 0.3) is 0 Å². The van der Waals surface area contributed by atoms with Crippen LogP contribution in [0.5, 0.6) is 0 Å². The van der Waals surface area contributed by atoms with Gasteiger partial charge in [-0.15, -0.1) is 0 Å². The molecule has 0 rings (SSSR count). The molecule has 0 atom stereocenters. The second-order valence-electron chi connectivity index (χ2n) is 6.55. The first-order valence-corrected chi connectivity index (χ1v) is 9.29. The van der Waals surface area contributed by atoms with Crippen LogP contribution in [-0.2, 0) is 19.2 Å². The average Bonchev–Trinajstić information content (AvgIpc) is 2.64. The molecule has 0 bridgehead atoms.